The molecule has 0 rings (SSSR count). The quantitative estimate of drug-likeness (QED) is 0.0468. The van der Waals surface area contributed by atoms with Gasteiger partial charge < -0.3 is 24.6 Å². The fourth-order valence-electron chi connectivity index (χ4n) is 7.67. The number of carbonyl (C=O) groups is 2. The maximum absolute atomic E-state index is 12.9. The van der Waals surface area contributed by atoms with Crippen molar-refractivity contribution in [1.82, 2.24) is 5.32 Å². The summed E-state index contributed by atoms with van der Waals surface area (Å²) in [6, 6.07) is 0. The lowest BCUT2D eigenvalue weighted by Gasteiger charge is -2.26. The van der Waals surface area contributed by atoms with Gasteiger partial charge in [-0.15, -0.1) is 0 Å². The van der Waals surface area contributed by atoms with E-state index in [-0.39, 0.29) is 36.4 Å². The number of hydrogen-bond acceptors (Lipinski definition) is 6. The Morgan fingerprint density at radius 3 is 1.20 bits per heavy atom. The fourth-order valence-corrected chi connectivity index (χ4v) is 7.67. The van der Waals surface area contributed by atoms with E-state index < -0.39 is 0 Å². The van der Waals surface area contributed by atoms with Crippen LogP contribution in [0.4, 0.5) is 0 Å². The summed E-state index contributed by atoms with van der Waals surface area (Å²) in [4.78, 5) is 25.3. The van der Waals surface area contributed by atoms with Crippen molar-refractivity contribution < 1.29 is 28.9 Å². The Morgan fingerprint density at radius 1 is 0.525 bits per heavy atom. The molecule has 0 aliphatic carbocycles. The van der Waals surface area contributed by atoms with Crippen LogP contribution in [0.3, 0.4) is 0 Å². The topological polar surface area (TPSA) is 94.1 Å². The Kier molecular flexibility index (Phi) is 48.6. The number of unbranched alkanes of at least 4 members (excludes halogenated alkanes) is 30. The molecule has 0 heterocycles. The highest BCUT2D eigenvalue weighted by molar-refractivity contribution is 5.81. The monoisotopic (exact) mass is 840 g/mol. The molecule has 0 saturated carbocycles. The summed E-state index contributed by atoms with van der Waals surface area (Å²) < 4.78 is 17.7. The Labute approximate surface area is 368 Å². The van der Waals surface area contributed by atoms with E-state index in [1.807, 2.05) is 13.8 Å². The maximum Gasteiger partial charge on any atom is 0.306 e. The van der Waals surface area contributed by atoms with E-state index in [0.717, 1.165) is 32.8 Å². The minimum atomic E-state index is -0.354. The minimum absolute atomic E-state index is 0.0199. The van der Waals surface area contributed by atoms with E-state index in [1.54, 1.807) is 0 Å². The maximum atomic E-state index is 12.9. The molecule has 0 saturated heterocycles. The summed E-state index contributed by atoms with van der Waals surface area (Å²) in [7, 11) is 1.00. The molecule has 0 aromatic heterocycles. The second-order valence-corrected chi connectivity index (χ2v) is 18.7. The van der Waals surface area contributed by atoms with E-state index in [1.165, 1.54) is 193 Å². The number of rotatable bonds is 46. The van der Waals surface area contributed by atoms with Crippen molar-refractivity contribution in [3.63, 3.8) is 0 Å². The van der Waals surface area contributed by atoms with E-state index in [9.17, 15) is 9.59 Å². The number of ether oxygens (including phenoxy) is 3. The fraction of sp³-hybridized carbons (Fsp3) is 0.962. The molecular weight excluding hydrogens is 735 g/mol. The Balaban J connectivity index is 0. The van der Waals surface area contributed by atoms with Gasteiger partial charge in [-0.2, -0.15) is 0 Å². The first kappa shape index (κ1) is 59.9. The third-order valence-electron chi connectivity index (χ3n) is 11.4. The van der Waals surface area contributed by atoms with Crippen LogP contribution in [0.1, 0.15) is 273 Å². The number of carbonyl (C=O) groups excluding carboxylic acids is 2. The van der Waals surface area contributed by atoms with Crippen LogP contribution in [0.25, 0.3) is 0 Å². The molecule has 354 valence electrons. The molecule has 0 spiro atoms. The van der Waals surface area contributed by atoms with Crippen molar-refractivity contribution in [3.05, 3.63) is 0 Å². The summed E-state index contributed by atoms with van der Waals surface area (Å²) in [5.74, 6) is 0.115. The number of aliphatic hydroxyl groups is 1. The highest BCUT2D eigenvalue weighted by Crippen LogP contribution is 2.20. The van der Waals surface area contributed by atoms with Gasteiger partial charge in [-0.3, -0.25) is 9.59 Å². The standard InChI is InChI=1S/C51H101NO5.CH4O/c1-7-9-11-13-15-17-19-21-23-25-27-29-31-33-35-37-39-48(40-38-36-34-32-30-28-26-24-22-20-18-16-14-12-10-8-2)57-50(54)42-41-49(53)52-43-44-55-46-51(5,6)56-45-47(3)4;1-2/h47-48H,7-46H2,1-6H3,(H,52,53);2H,1H3. The smallest absolute Gasteiger partial charge is 0.306 e. The zero-order chi connectivity index (χ0) is 43.9. The van der Waals surface area contributed by atoms with Crippen LogP contribution in [0, 0.1) is 5.92 Å². The molecule has 0 aromatic carbocycles. The predicted molar refractivity (Wildman–Crippen MR) is 254 cm³/mol. The van der Waals surface area contributed by atoms with Crippen molar-refractivity contribution in [2.24, 2.45) is 5.92 Å². The highest BCUT2D eigenvalue weighted by atomic mass is 16.5. The Morgan fingerprint density at radius 2 is 0.864 bits per heavy atom. The number of amides is 1. The molecule has 0 aromatic rings. The zero-order valence-corrected chi connectivity index (χ0v) is 40.9. The summed E-state index contributed by atoms with van der Waals surface area (Å²) in [5.41, 5.74) is -0.354. The normalized spacial score (nSPS) is 11.6. The van der Waals surface area contributed by atoms with Crippen molar-refractivity contribution >= 4 is 11.9 Å². The van der Waals surface area contributed by atoms with Crippen LogP contribution in [0.2, 0.25) is 0 Å². The van der Waals surface area contributed by atoms with Gasteiger partial charge in [0.15, 0.2) is 0 Å². The summed E-state index contributed by atoms with van der Waals surface area (Å²) in [5, 5.41) is 9.89. The van der Waals surface area contributed by atoms with Crippen LogP contribution in [0.15, 0.2) is 0 Å². The molecule has 2 N–H and O–H groups in total. The van der Waals surface area contributed by atoms with Gasteiger partial charge in [0.1, 0.15) is 6.10 Å². The molecule has 0 radical (unpaired) electrons. The van der Waals surface area contributed by atoms with E-state index in [0.29, 0.717) is 32.3 Å². The summed E-state index contributed by atoms with van der Waals surface area (Å²) in [6.45, 7) is 14.9. The summed E-state index contributed by atoms with van der Waals surface area (Å²) >= 11 is 0. The van der Waals surface area contributed by atoms with E-state index >= 15 is 0 Å². The van der Waals surface area contributed by atoms with Crippen LogP contribution in [-0.4, -0.2) is 62.2 Å². The first-order valence-corrected chi connectivity index (χ1v) is 25.8. The number of nitrogens with one attached hydrogen (secondary N) is 1. The predicted octanol–water partition coefficient (Wildman–Crippen LogP) is 15.2. The van der Waals surface area contributed by atoms with Gasteiger partial charge in [0, 0.05) is 26.7 Å². The molecule has 7 nitrogen and oxygen atoms in total. The van der Waals surface area contributed by atoms with Crippen LogP contribution in [0.5, 0.6) is 0 Å². The zero-order valence-electron chi connectivity index (χ0n) is 40.9. The minimum Gasteiger partial charge on any atom is -0.462 e. The average Bonchev–Trinajstić information content (AvgIpc) is 3.22. The Hall–Kier alpha value is -1.18. The molecule has 0 atom stereocenters. The first-order valence-electron chi connectivity index (χ1n) is 25.8. The van der Waals surface area contributed by atoms with Gasteiger partial charge in [-0.25, -0.2) is 0 Å². The lowest BCUT2D eigenvalue weighted by Crippen LogP contribution is -2.34. The molecule has 0 aliphatic heterocycles. The number of aliphatic hydroxyl groups excluding tert-OH is 1. The third-order valence-corrected chi connectivity index (χ3v) is 11.4. The van der Waals surface area contributed by atoms with Gasteiger partial charge >= 0.3 is 5.97 Å². The van der Waals surface area contributed by atoms with Gasteiger partial charge in [0.2, 0.25) is 5.91 Å². The van der Waals surface area contributed by atoms with Gasteiger partial charge in [0.05, 0.1) is 25.2 Å². The number of esters is 1. The third kappa shape index (κ3) is 49.4. The van der Waals surface area contributed by atoms with Crippen molar-refractivity contribution in [2.45, 2.75) is 284 Å². The van der Waals surface area contributed by atoms with Gasteiger partial charge in [0.25, 0.3) is 0 Å². The van der Waals surface area contributed by atoms with Gasteiger partial charge in [-0.05, 0) is 45.4 Å². The molecule has 1 amide bonds. The van der Waals surface area contributed by atoms with E-state index in [4.69, 9.17) is 19.3 Å². The average molecular weight is 840 g/mol. The van der Waals surface area contributed by atoms with Crippen molar-refractivity contribution in [3.8, 4) is 0 Å². The Bertz CT molecular complexity index is 813. The van der Waals surface area contributed by atoms with Crippen molar-refractivity contribution in [2.75, 3.05) is 33.5 Å². The van der Waals surface area contributed by atoms with Gasteiger partial charge in [-0.1, -0.05) is 220 Å². The lowest BCUT2D eigenvalue weighted by atomic mass is 10.0. The van der Waals surface area contributed by atoms with E-state index in [2.05, 4.69) is 33.0 Å². The first-order chi connectivity index (χ1) is 28.7. The molecule has 0 bridgehead atoms. The van der Waals surface area contributed by atoms with Crippen LogP contribution >= 0.6 is 0 Å². The molecule has 0 unspecified atom stereocenters. The molecule has 7 heteroatoms. The lowest BCUT2D eigenvalue weighted by molar-refractivity contribution is -0.151. The van der Waals surface area contributed by atoms with Crippen LogP contribution in [-0.2, 0) is 23.8 Å². The van der Waals surface area contributed by atoms with Crippen molar-refractivity contribution in [1.29, 1.82) is 0 Å². The molecule has 0 aliphatic rings. The summed E-state index contributed by atoms with van der Waals surface area (Å²) in [6.07, 6.45) is 45.7. The second-order valence-electron chi connectivity index (χ2n) is 18.7. The SMILES string of the molecule is CCCCCCCCCCCCCCCCCCC(CCCCCCCCCCCCCCCCCC)OC(=O)CCC(=O)NCCOCC(C)(C)OCC(C)C.CO. The largest absolute Gasteiger partial charge is 0.462 e. The van der Waals surface area contributed by atoms with Crippen LogP contribution < -0.4 is 5.32 Å². The molecular formula is C52H105NO6. The second kappa shape index (κ2) is 47.9. The molecule has 0 fully saturated rings. The molecule has 59 heavy (non-hydrogen) atoms. The highest BCUT2D eigenvalue weighted by Gasteiger charge is 2.19. The number of hydrogen-bond donors (Lipinski definition) is 2.